The third kappa shape index (κ3) is 3.43. The number of carboxylic acid groups (broad SMARTS) is 1. The molecule has 0 fully saturated rings. The van der Waals surface area contributed by atoms with Gasteiger partial charge in [-0.05, 0) is 36.6 Å². The topological polar surface area (TPSA) is 49.3 Å². The number of aliphatic carboxylic acids is 1. The van der Waals surface area contributed by atoms with Crippen LogP contribution in [0, 0.1) is 0 Å². The van der Waals surface area contributed by atoms with Crippen molar-refractivity contribution in [2.45, 2.75) is 32.2 Å². The van der Waals surface area contributed by atoms with Gasteiger partial charge >= 0.3 is 5.97 Å². The van der Waals surface area contributed by atoms with Crippen LogP contribution in [0.2, 0.25) is 0 Å². The van der Waals surface area contributed by atoms with Gasteiger partial charge in [-0.1, -0.05) is 55.8 Å². The zero-order valence-electron chi connectivity index (χ0n) is 12.5. The van der Waals surface area contributed by atoms with Gasteiger partial charge in [0.25, 0.3) is 0 Å². The predicted octanol–water partition coefficient (Wildman–Crippen LogP) is 4.05. The summed E-state index contributed by atoms with van der Waals surface area (Å²) in [7, 11) is 0. The number of nitrogens with one attached hydrogen (secondary N) is 1. The summed E-state index contributed by atoms with van der Waals surface area (Å²) < 4.78 is 0. The SMILES string of the molecule is CCCc1ccc(C(C)(Nc2ccccc2)C(=O)O)cc1. The quantitative estimate of drug-likeness (QED) is 0.840. The monoisotopic (exact) mass is 283 g/mol. The smallest absolute Gasteiger partial charge is 0.333 e. The molecule has 0 saturated heterocycles. The van der Waals surface area contributed by atoms with Crippen molar-refractivity contribution in [1.29, 1.82) is 0 Å². The van der Waals surface area contributed by atoms with Crippen molar-refractivity contribution in [3.63, 3.8) is 0 Å². The number of hydrogen-bond donors (Lipinski definition) is 2. The highest BCUT2D eigenvalue weighted by molar-refractivity contribution is 5.84. The number of hydrogen-bond acceptors (Lipinski definition) is 2. The Hall–Kier alpha value is -2.29. The van der Waals surface area contributed by atoms with Crippen molar-refractivity contribution in [2.24, 2.45) is 0 Å². The summed E-state index contributed by atoms with van der Waals surface area (Å²) in [4.78, 5) is 11.8. The average Bonchev–Trinajstić information content (AvgIpc) is 2.49. The van der Waals surface area contributed by atoms with Gasteiger partial charge in [0.2, 0.25) is 0 Å². The van der Waals surface area contributed by atoms with Crippen molar-refractivity contribution in [1.82, 2.24) is 0 Å². The number of aryl methyl sites for hydroxylation is 1. The lowest BCUT2D eigenvalue weighted by molar-refractivity contribution is -0.142. The summed E-state index contributed by atoms with van der Waals surface area (Å²) in [5, 5.41) is 12.8. The largest absolute Gasteiger partial charge is 0.479 e. The Bertz CT molecular complexity index is 592. The Morgan fingerprint density at radius 1 is 1.10 bits per heavy atom. The third-order valence-electron chi connectivity index (χ3n) is 3.67. The number of anilines is 1. The van der Waals surface area contributed by atoms with Crippen molar-refractivity contribution in [3.05, 3.63) is 65.7 Å². The Kier molecular flexibility index (Phi) is 4.63. The lowest BCUT2D eigenvalue weighted by Gasteiger charge is -2.28. The minimum atomic E-state index is -1.15. The Morgan fingerprint density at radius 3 is 2.24 bits per heavy atom. The van der Waals surface area contributed by atoms with Crippen molar-refractivity contribution < 1.29 is 9.90 Å². The zero-order chi connectivity index (χ0) is 15.3. The number of benzene rings is 2. The minimum Gasteiger partial charge on any atom is -0.479 e. The van der Waals surface area contributed by atoms with Gasteiger partial charge in [-0.3, -0.25) is 0 Å². The predicted molar refractivity (Wildman–Crippen MR) is 85.5 cm³/mol. The first kappa shape index (κ1) is 15.1. The van der Waals surface area contributed by atoms with E-state index in [0.717, 1.165) is 24.1 Å². The van der Waals surface area contributed by atoms with E-state index in [1.165, 1.54) is 5.56 Å². The molecule has 2 N–H and O–H groups in total. The molecule has 1 atom stereocenters. The van der Waals surface area contributed by atoms with Gasteiger partial charge in [-0.15, -0.1) is 0 Å². The first-order valence-corrected chi connectivity index (χ1v) is 7.22. The van der Waals surface area contributed by atoms with Crippen LogP contribution in [0.1, 0.15) is 31.4 Å². The summed E-state index contributed by atoms with van der Waals surface area (Å²) in [6, 6.07) is 17.2. The van der Waals surface area contributed by atoms with Crippen LogP contribution in [0.15, 0.2) is 54.6 Å². The molecule has 2 aromatic rings. The van der Waals surface area contributed by atoms with E-state index in [4.69, 9.17) is 0 Å². The lowest BCUT2D eigenvalue weighted by Crippen LogP contribution is -2.40. The second kappa shape index (κ2) is 6.44. The molecule has 0 aliphatic carbocycles. The van der Waals surface area contributed by atoms with E-state index in [2.05, 4.69) is 12.2 Å². The third-order valence-corrected chi connectivity index (χ3v) is 3.67. The van der Waals surface area contributed by atoms with E-state index in [-0.39, 0.29) is 0 Å². The van der Waals surface area contributed by atoms with Crippen LogP contribution in [-0.4, -0.2) is 11.1 Å². The van der Waals surface area contributed by atoms with Crippen LogP contribution in [0.3, 0.4) is 0 Å². The molecule has 0 amide bonds. The number of carboxylic acids is 1. The van der Waals surface area contributed by atoms with Crippen molar-refractivity contribution >= 4 is 11.7 Å². The fourth-order valence-electron chi connectivity index (χ4n) is 2.35. The molecule has 2 aromatic carbocycles. The second-order valence-corrected chi connectivity index (χ2v) is 5.37. The molecular formula is C18H21NO2. The van der Waals surface area contributed by atoms with Crippen molar-refractivity contribution in [3.8, 4) is 0 Å². The van der Waals surface area contributed by atoms with Gasteiger partial charge < -0.3 is 10.4 Å². The molecule has 21 heavy (non-hydrogen) atoms. The standard InChI is InChI=1S/C18H21NO2/c1-3-7-14-10-12-15(13-11-14)18(2,17(20)21)19-16-8-5-4-6-9-16/h4-6,8-13,19H,3,7H2,1-2H3,(H,20,21). The van der Waals surface area contributed by atoms with Gasteiger partial charge in [0, 0.05) is 5.69 Å². The Balaban J connectivity index is 2.31. The fourth-order valence-corrected chi connectivity index (χ4v) is 2.35. The summed E-state index contributed by atoms with van der Waals surface area (Å²) in [5.41, 5.74) is 1.62. The van der Waals surface area contributed by atoms with Crippen LogP contribution >= 0.6 is 0 Å². The van der Waals surface area contributed by atoms with Gasteiger partial charge in [0.15, 0.2) is 5.54 Å². The molecule has 1 unspecified atom stereocenters. The number of rotatable bonds is 6. The molecule has 3 nitrogen and oxygen atoms in total. The Labute approximate surface area is 125 Å². The van der Waals surface area contributed by atoms with Gasteiger partial charge in [-0.2, -0.15) is 0 Å². The van der Waals surface area contributed by atoms with Gasteiger partial charge in [0.1, 0.15) is 0 Å². The van der Waals surface area contributed by atoms with E-state index < -0.39 is 11.5 Å². The molecule has 0 radical (unpaired) electrons. The van der Waals surface area contributed by atoms with Gasteiger partial charge in [-0.25, -0.2) is 4.79 Å². The molecule has 0 heterocycles. The summed E-state index contributed by atoms with van der Waals surface area (Å²) in [6.07, 6.45) is 2.09. The highest BCUT2D eigenvalue weighted by Gasteiger charge is 2.35. The summed E-state index contributed by atoms with van der Waals surface area (Å²) in [5.74, 6) is -0.894. The zero-order valence-corrected chi connectivity index (χ0v) is 12.5. The Morgan fingerprint density at radius 2 is 1.71 bits per heavy atom. The first-order valence-electron chi connectivity index (χ1n) is 7.22. The molecule has 3 heteroatoms. The van der Waals surface area contributed by atoms with Crippen LogP contribution in [-0.2, 0) is 16.8 Å². The van der Waals surface area contributed by atoms with E-state index >= 15 is 0 Å². The second-order valence-electron chi connectivity index (χ2n) is 5.37. The molecule has 2 rings (SSSR count). The molecule has 0 aromatic heterocycles. The van der Waals surface area contributed by atoms with E-state index in [0.29, 0.717) is 0 Å². The molecule has 0 spiro atoms. The van der Waals surface area contributed by atoms with Crippen LogP contribution < -0.4 is 5.32 Å². The normalized spacial score (nSPS) is 13.4. The highest BCUT2D eigenvalue weighted by atomic mass is 16.4. The van der Waals surface area contributed by atoms with Gasteiger partial charge in [0.05, 0.1) is 0 Å². The summed E-state index contributed by atoms with van der Waals surface area (Å²) in [6.45, 7) is 3.82. The van der Waals surface area contributed by atoms with E-state index in [1.807, 2.05) is 54.6 Å². The van der Waals surface area contributed by atoms with E-state index in [9.17, 15) is 9.90 Å². The maximum Gasteiger partial charge on any atom is 0.333 e. The molecule has 0 aliphatic rings. The molecular weight excluding hydrogens is 262 g/mol. The maximum absolute atomic E-state index is 11.8. The number of carbonyl (C=O) groups is 1. The molecule has 0 aliphatic heterocycles. The molecule has 110 valence electrons. The average molecular weight is 283 g/mol. The van der Waals surface area contributed by atoms with Crippen molar-refractivity contribution in [2.75, 3.05) is 5.32 Å². The van der Waals surface area contributed by atoms with Crippen LogP contribution in [0.4, 0.5) is 5.69 Å². The first-order chi connectivity index (χ1) is 10.1. The maximum atomic E-state index is 11.8. The fraction of sp³-hybridized carbons (Fsp3) is 0.278. The highest BCUT2D eigenvalue weighted by Crippen LogP contribution is 2.27. The van der Waals surface area contributed by atoms with E-state index in [1.54, 1.807) is 6.92 Å². The minimum absolute atomic E-state index is 0.749. The molecule has 0 bridgehead atoms. The lowest BCUT2D eigenvalue weighted by atomic mass is 9.90. The van der Waals surface area contributed by atoms with Crippen LogP contribution in [0.5, 0.6) is 0 Å². The van der Waals surface area contributed by atoms with Crippen LogP contribution in [0.25, 0.3) is 0 Å². The summed E-state index contributed by atoms with van der Waals surface area (Å²) >= 11 is 0. The number of para-hydroxylation sites is 1. The molecule has 0 saturated carbocycles.